The van der Waals surface area contributed by atoms with Crippen LogP contribution in [0.3, 0.4) is 0 Å². The van der Waals surface area contributed by atoms with E-state index in [4.69, 9.17) is 0 Å². The zero-order chi connectivity index (χ0) is 12.4. The minimum Gasteiger partial charge on any atom is -0.348 e. The van der Waals surface area contributed by atoms with Gasteiger partial charge in [0, 0.05) is 10.9 Å². The van der Waals surface area contributed by atoms with E-state index in [-0.39, 0.29) is 5.91 Å². The van der Waals surface area contributed by atoms with Gasteiger partial charge in [-0.3, -0.25) is 4.79 Å². The molecule has 2 nitrogen and oxygen atoms in total. The highest BCUT2D eigenvalue weighted by atomic mass is 32.1. The van der Waals surface area contributed by atoms with Crippen molar-refractivity contribution >= 4 is 17.2 Å². The third-order valence-electron chi connectivity index (χ3n) is 3.99. The van der Waals surface area contributed by atoms with Crippen LogP contribution in [0.25, 0.3) is 0 Å². The lowest BCUT2D eigenvalue weighted by Crippen LogP contribution is -2.43. The van der Waals surface area contributed by atoms with E-state index >= 15 is 0 Å². The van der Waals surface area contributed by atoms with Crippen LogP contribution >= 0.6 is 11.3 Å². The molecule has 1 fully saturated rings. The topological polar surface area (TPSA) is 29.1 Å². The Hall–Kier alpha value is -0.830. The first-order valence-electron chi connectivity index (χ1n) is 6.45. The fourth-order valence-electron chi connectivity index (χ4n) is 2.58. The molecule has 0 unspecified atom stereocenters. The molecule has 94 valence electrons. The third-order valence-corrected chi connectivity index (χ3v) is 4.99. The molecule has 0 saturated heterocycles. The van der Waals surface area contributed by atoms with Gasteiger partial charge in [-0.15, -0.1) is 11.3 Å². The Morgan fingerprint density at radius 2 is 2.12 bits per heavy atom. The lowest BCUT2D eigenvalue weighted by Gasteiger charge is -2.34. The molecule has 0 aromatic carbocycles. The number of thiophene rings is 1. The molecule has 2 rings (SSSR count). The minimum atomic E-state index is 0.106. The van der Waals surface area contributed by atoms with Crippen LogP contribution < -0.4 is 5.32 Å². The quantitative estimate of drug-likeness (QED) is 0.854. The van der Waals surface area contributed by atoms with Crippen LogP contribution in [0.4, 0.5) is 0 Å². The number of aryl methyl sites for hydroxylation is 1. The fraction of sp³-hybridized carbons (Fsp3) is 0.643. The SMILES string of the molecule is Cc1ccc(C(=O)N[C@@H]2CCC[C@@H](C)[C@H]2C)s1. The molecule has 1 amide bonds. The van der Waals surface area contributed by atoms with Gasteiger partial charge in [0.2, 0.25) is 0 Å². The van der Waals surface area contributed by atoms with Gasteiger partial charge in [-0.1, -0.05) is 26.7 Å². The molecule has 0 bridgehead atoms. The maximum absolute atomic E-state index is 12.1. The Morgan fingerprint density at radius 3 is 2.76 bits per heavy atom. The van der Waals surface area contributed by atoms with Crippen LogP contribution in [0, 0.1) is 18.8 Å². The lowest BCUT2D eigenvalue weighted by atomic mass is 9.78. The van der Waals surface area contributed by atoms with Crippen molar-refractivity contribution in [3.63, 3.8) is 0 Å². The normalized spacial score (nSPS) is 29.0. The summed E-state index contributed by atoms with van der Waals surface area (Å²) in [5, 5.41) is 3.20. The van der Waals surface area contributed by atoms with Crippen LogP contribution in [0.15, 0.2) is 12.1 Å². The predicted molar refractivity (Wildman–Crippen MR) is 72.5 cm³/mol. The van der Waals surface area contributed by atoms with E-state index in [1.54, 1.807) is 11.3 Å². The van der Waals surface area contributed by atoms with Gasteiger partial charge in [0.15, 0.2) is 0 Å². The summed E-state index contributed by atoms with van der Waals surface area (Å²) >= 11 is 1.57. The van der Waals surface area contributed by atoms with Gasteiger partial charge < -0.3 is 5.32 Å². The summed E-state index contributed by atoms with van der Waals surface area (Å²) in [7, 11) is 0. The van der Waals surface area contributed by atoms with Gasteiger partial charge in [-0.2, -0.15) is 0 Å². The maximum atomic E-state index is 12.1. The summed E-state index contributed by atoms with van der Waals surface area (Å²) in [5.41, 5.74) is 0. The van der Waals surface area contributed by atoms with Crippen molar-refractivity contribution in [1.29, 1.82) is 0 Å². The summed E-state index contributed by atoms with van der Waals surface area (Å²) < 4.78 is 0. The highest BCUT2D eigenvalue weighted by Crippen LogP contribution is 2.29. The monoisotopic (exact) mass is 251 g/mol. The Kier molecular flexibility index (Phi) is 3.87. The van der Waals surface area contributed by atoms with Crippen LogP contribution in [0.2, 0.25) is 0 Å². The molecule has 0 aliphatic heterocycles. The average molecular weight is 251 g/mol. The lowest BCUT2D eigenvalue weighted by molar-refractivity contribution is 0.0895. The van der Waals surface area contributed by atoms with E-state index in [1.165, 1.54) is 17.7 Å². The Labute approximate surface area is 107 Å². The summed E-state index contributed by atoms with van der Waals surface area (Å²) in [4.78, 5) is 14.1. The summed E-state index contributed by atoms with van der Waals surface area (Å²) in [6, 6.07) is 4.28. The Morgan fingerprint density at radius 1 is 1.35 bits per heavy atom. The molecule has 1 aromatic heterocycles. The van der Waals surface area contributed by atoms with Gasteiger partial charge in [0.05, 0.1) is 4.88 Å². The van der Waals surface area contributed by atoms with Gasteiger partial charge in [0.1, 0.15) is 0 Å². The first-order valence-corrected chi connectivity index (χ1v) is 7.27. The maximum Gasteiger partial charge on any atom is 0.261 e. The van der Waals surface area contributed by atoms with Crippen LogP contribution in [0.5, 0.6) is 0 Å². The predicted octanol–water partition coefficient (Wildman–Crippen LogP) is 3.61. The molecular formula is C14H21NOS. The first-order chi connectivity index (χ1) is 8.08. The second-order valence-electron chi connectivity index (χ2n) is 5.26. The number of carbonyl (C=O) groups is 1. The molecule has 1 aromatic rings. The van der Waals surface area contributed by atoms with E-state index in [0.29, 0.717) is 12.0 Å². The minimum absolute atomic E-state index is 0.106. The number of carbonyl (C=O) groups excluding carboxylic acids is 1. The molecule has 3 atom stereocenters. The largest absolute Gasteiger partial charge is 0.348 e. The summed E-state index contributed by atoms with van der Waals surface area (Å²) in [6.07, 6.45) is 3.66. The van der Waals surface area contributed by atoms with Crippen molar-refractivity contribution in [1.82, 2.24) is 5.32 Å². The number of nitrogens with one attached hydrogen (secondary N) is 1. The summed E-state index contributed by atoms with van der Waals surface area (Å²) in [5.74, 6) is 1.42. The van der Waals surface area contributed by atoms with Crippen molar-refractivity contribution in [2.45, 2.75) is 46.1 Å². The first kappa shape index (κ1) is 12.6. The summed E-state index contributed by atoms with van der Waals surface area (Å²) in [6.45, 7) is 6.58. The molecule has 0 spiro atoms. The Bertz CT molecular complexity index is 399. The van der Waals surface area contributed by atoms with E-state index in [9.17, 15) is 4.79 Å². The van der Waals surface area contributed by atoms with Crippen molar-refractivity contribution in [2.24, 2.45) is 11.8 Å². The number of amides is 1. The van der Waals surface area contributed by atoms with Gasteiger partial charge in [0.25, 0.3) is 5.91 Å². The van der Waals surface area contributed by atoms with E-state index < -0.39 is 0 Å². The molecule has 1 N–H and O–H groups in total. The van der Waals surface area contributed by atoms with Crippen LogP contribution in [0.1, 0.15) is 47.7 Å². The molecular weight excluding hydrogens is 230 g/mol. The van der Waals surface area contributed by atoms with Crippen molar-refractivity contribution in [2.75, 3.05) is 0 Å². The molecule has 1 saturated carbocycles. The fourth-order valence-corrected chi connectivity index (χ4v) is 3.35. The van der Waals surface area contributed by atoms with Crippen LogP contribution in [-0.2, 0) is 0 Å². The average Bonchev–Trinajstić information content (AvgIpc) is 2.72. The molecule has 3 heteroatoms. The molecule has 1 aliphatic carbocycles. The van der Waals surface area contributed by atoms with Crippen molar-refractivity contribution in [3.05, 3.63) is 21.9 Å². The second kappa shape index (κ2) is 5.21. The van der Waals surface area contributed by atoms with Gasteiger partial charge in [-0.25, -0.2) is 0 Å². The molecule has 17 heavy (non-hydrogen) atoms. The highest BCUT2D eigenvalue weighted by molar-refractivity contribution is 7.13. The zero-order valence-electron chi connectivity index (χ0n) is 10.8. The van der Waals surface area contributed by atoms with E-state index in [1.807, 2.05) is 19.1 Å². The number of hydrogen-bond acceptors (Lipinski definition) is 2. The zero-order valence-corrected chi connectivity index (χ0v) is 11.6. The highest BCUT2D eigenvalue weighted by Gasteiger charge is 2.28. The van der Waals surface area contributed by atoms with E-state index in [2.05, 4.69) is 19.2 Å². The standard InChI is InChI=1S/C14H21NOS/c1-9-5-4-6-12(11(9)3)15-14(16)13-8-7-10(2)17-13/h7-9,11-12H,4-6H2,1-3H3,(H,15,16)/t9-,11-,12-/m1/s1. The van der Waals surface area contributed by atoms with Crippen molar-refractivity contribution < 1.29 is 4.79 Å². The molecule has 0 radical (unpaired) electrons. The third kappa shape index (κ3) is 2.89. The Balaban J connectivity index is 1.98. The van der Waals surface area contributed by atoms with Gasteiger partial charge in [-0.05, 0) is 37.3 Å². The van der Waals surface area contributed by atoms with E-state index in [0.717, 1.165) is 17.2 Å². The van der Waals surface area contributed by atoms with Crippen molar-refractivity contribution in [3.8, 4) is 0 Å². The second-order valence-corrected chi connectivity index (χ2v) is 6.55. The number of hydrogen-bond donors (Lipinski definition) is 1. The molecule has 1 aliphatic rings. The van der Waals surface area contributed by atoms with Gasteiger partial charge >= 0.3 is 0 Å². The smallest absolute Gasteiger partial charge is 0.261 e. The number of rotatable bonds is 2. The van der Waals surface area contributed by atoms with Crippen LogP contribution in [-0.4, -0.2) is 11.9 Å². The molecule has 1 heterocycles.